The molecule has 2 fully saturated rings. The summed E-state index contributed by atoms with van der Waals surface area (Å²) in [6.07, 6.45) is 0.877. The molecule has 9 heteroatoms. The fourth-order valence-electron chi connectivity index (χ4n) is 4.16. The van der Waals surface area contributed by atoms with Gasteiger partial charge in [0.1, 0.15) is 5.82 Å². The molecule has 4 rings (SSSR count). The van der Waals surface area contributed by atoms with Crippen molar-refractivity contribution in [3.05, 3.63) is 59.9 Å². The Morgan fingerprint density at radius 3 is 2.38 bits per heavy atom. The maximum absolute atomic E-state index is 14.6. The van der Waals surface area contributed by atoms with Crippen molar-refractivity contribution in [2.75, 3.05) is 49.6 Å². The van der Waals surface area contributed by atoms with Gasteiger partial charge in [-0.2, -0.15) is 0 Å². The molecule has 0 aromatic heterocycles. The van der Waals surface area contributed by atoms with E-state index in [0.717, 1.165) is 5.56 Å². The molecule has 2 aromatic carbocycles. The number of halogens is 1. The van der Waals surface area contributed by atoms with Crippen molar-refractivity contribution in [1.29, 1.82) is 0 Å². The molecule has 0 aliphatic carbocycles. The van der Waals surface area contributed by atoms with Crippen LogP contribution in [-0.2, 0) is 25.3 Å². The third-order valence-electron chi connectivity index (χ3n) is 5.98. The topological polar surface area (TPSA) is 79.0 Å². The molecule has 0 radical (unpaired) electrons. The number of ether oxygens (including phenoxy) is 1. The second-order valence-corrected chi connectivity index (χ2v) is 10.1. The van der Waals surface area contributed by atoms with Crippen LogP contribution in [0.4, 0.5) is 15.8 Å². The molecule has 0 unspecified atom stereocenters. The Kier molecular flexibility index (Phi) is 7.07. The number of hydrogen-bond acceptors (Lipinski definition) is 5. The van der Waals surface area contributed by atoms with Gasteiger partial charge in [-0.1, -0.05) is 30.3 Å². The number of nitrogens with zero attached hydrogens (tertiary/aromatic N) is 2. The van der Waals surface area contributed by atoms with Gasteiger partial charge in [-0.05, 0) is 36.6 Å². The summed E-state index contributed by atoms with van der Waals surface area (Å²) in [4.78, 5) is 14.6. The van der Waals surface area contributed by atoms with Crippen LogP contribution in [0.3, 0.4) is 0 Å². The van der Waals surface area contributed by atoms with Crippen LogP contribution in [-0.4, -0.2) is 58.0 Å². The van der Waals surface area contributed by atoms with Gasteiger partial charge >= 0.3 is 0 Å². The van der Waals surface area contributed by atoms with E-state index in [4.69, 9.17) is 4.74 Å². The normalized spacial score (nSPS) is 18.5. The number of rotatable bonds is 6. The van der Waals surface area contributed by atoms with Crippen molar-refractivity contribution in [1.82, 2.24) is 4.31 Å². The van der Waals surface area contributed by atoms with Crippen LogP contribution in [0.5, 0.6) is 0 Å². The van der Waals surface area contributed by atoms with Gasteiger partial charge in [0.25, 0.3) is 0 Å². The monoisotopic (exact) mass is 461 g/mol. The lowest BCUT2D eigenvalue weighted by Crippen LogP contribution is -2.41. The van der Waals surface area contributed by atoms with E-state index in [1.54, 1.807) is 24.3 Å². The molecule has 2 heterocycles. The lowest BCUT2D eigenvalue weighted by Gasteiger charge is -2.31. The molecular formula is C23H28FN3O4S. The highest BCUT2D eigenvalue weighted by Gasteiger charge is 2.31. The summed E-state index contributed by atoms with van der Waals surface area (Å²) in [5, 5.41) is 2.79. The van der Waals surface area contributed by atoms with Crippen molar-refractivity contribution >= 4 is 27.3 Å². The lowest BCUT2D eigenvalue weighted by molar-refractivity contribution is -0.120. The molecule has 0 bridgehead atoms. The second-order valence-electron chi connectivity index (χ2n) is 8.17. The Hall–Kier alpha value is -2.49. The fourth-order valence-corrected chi connectivity index (χ4v) is 5.73. The van der Waals surface area contributed by atoms with E-state index in [2.05, 4.69) is 5.32 Å². The zero-order chi connectivity index (χ0) is 22.6. The third-order valence-corrected chi connectivity index (χ3v) is 7.83. The summed E-state index contributed by atoms with van der Waals surface area (Å²) in [5.41, 5.74) is 1.65. The predicted octanol–water partition coefficient (Wildman–Crippen LogP) is 2.84. The zero-order valence-electron chi connectivity index (χ0n) is 17.9. The average Bonchev–Trinajstić information content (AvgIpc) is 2.80. The van der Waals surface area contributed by atoms with Crippen LogP contribution in [0.25, 0.3) is 0 Å². The number of anilines is 2. The minimum Gasteiger partial charge on any atom is -0.378 e. The van der Waals surface area contributed by atoms with Gasteiger partial charge in [-0.3, -0.25) is 4.79 Å². The molecule has 1 amide bonds. The number of nitrogens with one attached hydrogen (secondary N) is 1. The van der Waals surface area contributed by atoms with Crippen LogP contribution in [0.2, 0.25) is 0 Å². The molecule has 2 aromatic rings. The smallest absolute Gasteiger partial charge is 0.227 e. The summed E-state index contributed by atoms with van der Waals surface area (Å²) >= 11 is 0. The summed E-state index contributed by atoms with van der Waals surface area (Å²) in [6.45, 7) is 3.01. The first kappa shape index (κ1) is 22.7. The third kappa shape index (κ3) is 5.46. The number of amides is 1. The molecule has 0 atom stereocenters. The molecule has 2 aliphatic heterocycles. The number of carbonyl (C=O) groups excluding carboxylic acids is 1. The quantitative estimate of drug-likeness (QED) is 0.716. The van der Waals surface area contributed by atoms with Gasteiger partial charge in [-0.15, -0.1) is 0 Å². The van der Waals surface area contributed by atoms with Gasteiger partial charge in [0, 0.05) is 37.8 Å². The van der Waals surface area contributed by atoms with E-state index in [0.29, 0.717) is 63.6 Å². The summed E-state index contributed by atoms with van der Waals surface area (Å²) < 4.78 is 46.7. The standard InChI is InChI=1S/C23H28FN3O4S/c24-21-16-20(6-7-22(21)26-12-14-31-15-13-26)25-23(28)19-8-10-27(11-9-19)32(29,30)17-18-4-2-1-3-5-18/h1-7,16,19H,8-15,17H2,(H,25,28). The zero-order valence-corrected chi connectivity index (χ0v) is 18.7. The van der Waals surface area contributed by atoms with Gasteiger partial charge in [0.2, 0.25) is 15.9 Å². The van der Waals surface area contributed by atoms with Crippen molar-refractivity contribution in [2.24, 2.45) is 5.92 Å². The maximum Gasteiger partial charge on any atom is 0.227 e. The highest BCUT2D eigenvalue weighted by Crippen LogP contribution is 2.26. The number of hydrogen-bond donors (Lipinski definition) is 1. The molecule has 0 saturated carbocycles. The Morgan fingerprint density at radius 2 is 1.72 bits per heavy atom. The molecule has 0 spiro atoms. The molecule has 172 valence electrons. The van der Waals surface area contributed by atoms with Gasteiger partial charge in [0.05, 0.1) is 24.7 Å². The molecule has 32 heavy (non-hydrogen) atoms. The highest BCUT2D eigenvalue weighted by molar-refractivity contribution is 7.88. The van der Waals surface area contributed by atoms with Crippen molar-refractivity contribution in [2.45, 2.75) is 18.6 Å². The lowest BCUT2D eigenvalue weighted by atomic mass is 9.97. The average molecular weight is 462 g/mol. The first-order valence-electron chi connectivity index (χ1n) is 10.9. The first-order valence-corrected chi connectivity index (χ1v) is 12.5. The van der Waals surface area contributed by atoms with Crippen LogP contribution in [0, 0.1) is 11.7 Å². The second kappa shape index (κ2) is 9.97. The summed E-state index contributed by atoms with van der Waals surface area (Å²) in [6, 6.07) is 13.8. The highest BCUT2D eigenvalue weighted by atomic mass is 32.2. The number of morpholine rings is 1. The van der Waals surface area contributed by atoms with E-state index in [-0.39, 0.29) is 23.4 Å². The minimum atomic E-state index is -3.43. The van der Waals surface area contributed by atoms with E-state index in [9.17, 15) is 17.6 Å². The van der Waals surface area contributed by atoms with Crippen LogP contribution in [0.1, 0.15) is 18.4 Å². The Labute approximate surface area is 188 Å². The van der Waals surface area contributed by atoms with E-state index < -0.39 is 10.0 Å². The number of benzene rings is 2. The van der Waals surface area contributed by atoms with Gasteiger partial charge in [0.15, 0.2) is 0 Å². The van der Waals surface area contributed by atoms with E-state index in [1.807, 2.05) is 23.1 Å². The Balaban J connectivity index is 1.31. The van der Waals surface area contributed by atoms with E-state index >= 15 is 0 Å². The molecule has 2 aliphatic rings. The predicted molar refractivity (Wildman–Crippen MR) is 121 cm³/mol. The molecule has 2 saturated heterocycles. The van der Waals surface area contributed by atoms with Crippen LogP contribution >= 0.6 is 0 Å². The minimum absolute atomic E-state index is 0.0422. The SMILES string of the molecule is O=C(Nc1ccc(N2CCOCC2)c(F)c1)C1CCN(S(=O)(=O)Cc2ccccc2)CC1. The largest absolute Gasteiger partial charge is 0.378 e. The number of piperidine rings is 1. The van der Waals surface area contributed by atoms with Crippen molar-refractivity contribution in [3.8, 4) is 0 Å². The molecule has 7 nitrogen and oxygen atoms in total. The van der Waals surface area contributed by atoms with Crippen LogP contribution in [0.15, 0.2) is 48.5 Å². The van der Waals surface area contributed by atoms with E-state index in [1.165, 1.54) is 10.4 Å². The van der Waals surface area contributed by atoms with Crippen LogP contribution < -0.4 is 10.2 Å². The summed E-state index contributed by atoms with van der Waals surface area (Å²) in [7, 11) is -3.43. The molecule has 1 N–H and O–H groups in total. The Morgan fingerprint density at radius 1 is 1.03 bits per heavy atom. The molecular weight excluding hydrogens is 433 g/mol. The fraction of sp³-hybridized carbons (Fsp3) is 0.435. The van der Waals surface area contributed by atoms with Gasteiger partial charge in [-0.25, -0.2) is 17.1 Å². The first-order chi connectivity index (χ1) is 15.4. The number of sulfonamides is 1. The van der Waals surface area contributed by atoms with Gasteiger partial charge < -0.3 is 15.0 Å². The van der Waals surface area contributed by atoms with Crippen molar-refractivity contribution in [3.63, 3.8) is 0 Å². The summed E-state index contributed by atoms with van der Waals surface area (Å²) in [5.74, 6) is -0.935. The Bertz CT molecular complexity index is 1030. The number of carbonyl (C=O) groups is 1. The maximum atomic E-state index is 14.6. The van der Waals surface area contributed by atoms with Crippen molar-refractivity contribution < 1.29 is 22.3 Å².